The van der Waals surface area contributed by atoms with Crippen molar-refractivity contribution in [1.82, 2.24) is 5.32 Å². The molecule has 0 aliphatic rings. The van der Waals surface area contributed by atoms with Gasteiger partial charge in [0.05, 0.1) is 6.61 Å². The number of hydrogen-bond donors (Lipinski definition) is 2. The molecule has 0 aliphatic heterocycles. The summed E-state index contributed by atoms with van der Waals surface area (Å²) in [4.78, 5) is 0. The minimum Gasteiger partial charge on any atom is -0.508 e. The van der Waals surface area contributed by atoms with Gasteiger partial charge in [-0.1, -0.05) is 31.2 Å². The lowest BCUT2D eigenvalue weighted by molar-refractivity contribution is 0.317. The molecule has 0 aliphatic carbocycles. The number of hydrogen-bond acceptors (Lipinski definition) is 3. The van der Waals surface area contributed by atoms with Gasteiger partial charge in [-0.05, 0) is 48.7 Å². The average Bonchev–Trinajstić information content (AvgIpc) is 2.52. The van der Waals surface area contributed by atoms with Crippen molar-refractivity contribution >= 4 is 0 Å². The van der Waals surface area contributed by atoms with Crippen LogP contribution in [0.4, 0.5) is 0 Å². The van der Waals surface area contributed by atoms with E-state index >= 15 is 0 Å². The molecule has 2 N–H and O–H groups in total. The van der Waals surface area contributed by atoms with Gasteiger partial charge in [0, 0.05) is 12.6 Å². The van der Waals surface area contributed by atoms with Gasteiger partial charge in [0.2, 0.25) is 0 Å². The molecule has 0 spiro atoms. The summed E-state index contributed by atoms with van der Waals surface area (Å²) in [7, 11) is 0. The molecule has 3 heteroatoms. The normalized spacial score (nSPS) is 12.1. The summed E-state index contributed by atoms with van der Waals surface area (Å²) in [5.74, 6) is 1.22. The third-order valence-corrected chi connectivity index (χ3v) is 3.40. The van der Waals surface area contributed by atoms with E-state index in [1.54, 1.807) is 12.1 Å². The Morgan fingerprint density at radius 3 is 2.33 bits per heavy atom. The molecule has 0 saturated carbocycles. The number of ether oxygens (including phenoxy) is 1. The van der Waals surface area contributed by atoms with E-state index in [1.807, 2.05) is 24.3 Å². The number of phenols is 1. The molecule has 3 nitrogen and oxygen atoms in total. The zero-order valence-corrected chi connectivity index (χ0v) is 12.7. The first-order valence-corrected chi connectivity index (χ1v) is 7.43. The van der Waals surface area contributed by atoms with Crippen LogP contribution in [-0.2, 0) is 6.54 Å². The highest BCUT2D eigenvalue weighted by atomic mass is 16.5. The topological polar surface area (TPSA) is 41.5 Å². The van der Waals surface area contributed by atoms with Crippen molar-refractivity contribution in [3.8, 4) is 11.5 Å². The SMILES string of the molecule is CCCOc1ccc(C(C)NCc2ccc(O)cc2)cc1. The van der Waals surface area contributed by atoms with Crippen molar-refractivity contribution in [3.05, 3.63) is 59.7 Å². The van der Waals surface area contributed by atoms with E-state index in [0.717, 1.165) is 30.9 Å². The van der Waals surface area contributed by atoms with Gasteiger partial charge in [0.25, 0.3) is 0 Å². The lowest BCUT2D eigenvalue weighted by Crippen LogP contribution is -2.17. The van der Waals surface area contributed by atoms with Crippen LogP contribution in [0.3, 0.4) is 0 Å². The molecule has 0 bridgehead atoms. The van der Waals surface area contributed by atoms with Crippen molar-refractivity contribution in [2.75, 3.05) is 6.61 Å². The van der Waals surface area contributed by atoms with Crippen LogP contribution in [0.15, 0.2) is 48.5 Å². The molecule has 1 atom stereocenters. The highest BCUT2D eigenvalue weighted by Gasteiger charge is 2.05. The largest absolute Gasteiger partial charge is 0.508 e. The number of nitrogens with one attached hydrogen (secondary N) is 1. The van der Waals surface area contributed by atoms with Crippen LogP contribution in [0, 0.1) is 0 Å². The molecular weight excluding hydrogens is 262 g/mol. The zero-order valence-electron chi connectivity index (χ0n) is 12.7. The fraction of sp³-hybridized carbons (Fsp3) is 0.333. The second kappa shape index (κ2) is 7.70. The summed E-state index contributed by atoms with van der Waals surface area (Å²) in [5, 5.41) is 12.7. The van der Waals surface area contributed by atoms with E-state index < -0.39 is 0 Å². The summed E-state index contributed by atoms with van der Waals surface area (Å²) in [6.07, 6.45) is 1.02. The summed E-state index contributed by atoms with van der Waals surface area (Å²) < 4.78 is 5.59. The van der Waals surface area contributed by atoms with Gasteiger partial charge in [-0.3, -0.25) is 0 Å². The Kier molecular flexibility index (Phi) is 5.64. The van der Waals surface area contributed by atoms with E-state index in [1.165, 1.54) is 5.56 Å². The molecule has 1 unspecified atom stereocenters. The van der Waals surface area contributed by atoms with Gasteiger partial charge in [0.1, 0.15) is 11.5 Å². The lowest BCUT2D eigenvalue weighted by atomic mass is 10.1. The predicted molar refractivity (Wildman–Crippen MR) is 85.6 cm³/mol. The molecule has 2 aromatic rings. The van der Waals surface area contributed by atoms with Crippen LogP contribution < -0.4 is 10.1 Å². The average molecular weight is 285 g/mol. The minimum atomic E-state index is 0.263. The van der Waals surface area contributed by atoms with Crippen LogP contribution in [-0.4, -0.2) is 11.7 Å². The Balaban J connectivity index is 1.87. The third-order valence-electron chi connectivity index (χ3n) is 3.40. The Labute approximate surface area is 126 Å². The van der Waals surface area contributed by atoms with E-state index in [-0.39, 0.29) is 6.04 Å². The second-order valence-corrected chi connectivity index (χ2v) is 5.19. The molecule has 0 heterocycles. The summed E-state index contributed by atoms with van der Waals surface area (Å²) in [6, 6.07) is 15.8. The van der Waals surface area contributed by atoms with Gasteiger partial charge < -0.3 is 15.2 Å². The smallest absolute Gasteiger partial charge is 0.119 e. The maximum absolute atomic E-state index is 9.27. The van der Waals surface area contributed by atoms with Crippen molar-refractivity contribution in [2.45, 2.75) is 32.9 Å². The molecule has 0 fully saturated rings. The number of phenolic OH excluding ortho intramolecular Hbond substituents is 1. The lowest BCUT2D eigenvalue weighted by Gasteiger charge is -2.15. The van der Waals surface area contributed by atoms with E-state index in [0.29, 0.717) is 5.75 Å². The Bertz CT molecular complexity index is 534. The minimum absolute atomic E-state index is 0.263. The van der Waals surface area contributed by atoms with E-state index in [9.17, 15) is 5.11 Å². The summed E-state index contributed by atoms with van der Waals surface area (Å²) in [5.41, 5.74) is 2.39. The third kappa shape index (κ3) is 4.80. The van der Waals surface area contributed by atoms with Gasteiger partial charge in [0.15, 0.2) is 0 Å². The quantitative estimate of drug-likeness (QED) is 0.807. The monoisotopic (exact) mass is 285 g/mol. The van der Waals surface area contributed by atoms with Crippen molar-refractivity contribution in [2.24, 2.45) is 0 Å². The van der Waals surface area contributed by atoms with Crippen molar-refractivity contribution in [3.63, 3.8) is 0 Å². The number of aromatic hydroxyl groups is 1. The maximum atomic E-state index is 9.27. The molecule has 0 aromatic heterocycles. The Morgan fingerprint density at radius 2 is 1.71 bits per heavy atom. The standard InChI is InChI=1S/C18H23NO2/c1-3-12-21-18-10-6-16(7-11-18)14(2)19-13-15-4-8-17(20)9-5-15/h4-11,14,19-20H,3,12-13H2,1-2H3. The van der Waals surface area contributed by atoms with Crippen LogP contribution in [0.1, 0.15) is 37.4 Å². The molecule has 0 amide bonds. The van der Waals surface area contributed by atoms with Crippen LogP contribution >= 0.6 is 0 Å². The molecular formula is C18H23NO2. The fourth-order valence-corrected chi connectivity index (χ4v) is 2.08. The molecule has 0 saturated heterocycles. The molecule has 21 heavy (non-hydrogen) atoms. The van der Waals surface area contributed by atoms with E-state index in [2.05, 4.69) is 31.3 Å². The number of rotatable bonds is 7. The molecule has 0 radical (unpaired) electrons. The number of benzene rings is 2. The molecule has 112 valence electrons. The maximum Gasteiger partial charge on any atom is 0.119 e. The Morgan fingerprint density at radius 1 is 1.05 bits per heavy atom. The second-order valence-electron chi connectivity index (χ2n) is 5.19. The first kappa shape index (κ1) is 15.4. The summed E-state index contributed by atoms with van der Waals surface area (Å²) >= 11 is 0. The first-order valence-electron chi connectivity index (χ1n) is 7.43. The highest BCUT2D eigenvalue weighted by Crippen LogP contribution is 2.18. The fourth-order valence-electron chi connectivity index (χ4n) is 2.08. The predicted octanol–water partition coefficient (Wildman–Crippen LogP) is 4.03. The van der Waals surface area contributed by atoms with Gasteiger partial charge in [-0.15, -0.1) is 0 Å². The summed E-state index contributed by atoms with van der Waals surface area (Å²) in [6.45, 7) is 5.77. The van der Waals surface area contributed by atoms with Crippen LogP contribution in [0.25, 0.3) is 0 Å². The van der Waals surface area contributed by atoms with Crippen molar-refractivity contribution < 1.29 is 9.84 Å². The van der Waals surface area contributed by atoms with Gasteiger partial charge in [-0.2, -0.15) is 0 Å². The van der Waals surface area contributed by atoms with Crippen molar-refractivity contribution in [1.29, 1.82) is 0 Å². The zero-order chi connectivity index (χ0) is 15.1. The molecule has 2 rings (SSSR count). The van der Waals surface area contributed by atoms with E-state index in [4.69, 9.17) is 4.74 Å². The highest BCUT2D eigenvalue weighted by molar-refractivity contribution is 5.29. The van der Waals surface area contributed by atoms with Gasteiger partial charge in [-0.25, -0.2) is 0 Å². The van der Waals surface area contributed by atoms with Gasteiger partial charge >= 0.3 is 0 Å². The Hall–Kier alpha value is -2.00. The molecule has 2 aromatic carbocycles. The van der Waals surface area contributed by atoms with Crippen LogP contribution in [0.5, 0.6) is 11.5 Å². The first-order chi connectivity index (χ1) is 10.2. The van der Waals surface area contributed by atoms with Crippen LogP contribution in [0.2, 0.25) is 0 Å².